The average Bonchev–Trinajstić information content (AvgIpc) is 2.34. The molecular weight excluding hydrogens is 236 g/mol. The second-order valence-corrected chi connectivity index (χ2v) is 5.12. The molecule has 0 amide bonds. The molecule has 0 saturated heterocycles. The predicted octanol–water partition coefficient (Wildman–Crippen LogP) is 3.66. The Labute approximate surface area is 84.2 Å². The van der Waals surface area contributed by atoms with Gasteiger partial charge in [-0.05, 0) is 35.0 Å². The molecule has 0 spiro atoms. The van der Waals surface area contributed by atoms with Crippen LogP contribution < -0.4 is 0 Å². The zero-order valence-electron chi connectivity index (χ0n) is 6.76. The monoisotopic (exact) mass is 244 g/mol. The minimum Gasteiger partial charge on any atom is -0.293 e. The second-order valence-electron chi connectivity index (χ2n) is 2.66. The number of thiophene rings is 1. The minimum atomic E-state index is 0.151. The minimum absolute atomic E-state index is 0.151. The molecule has 0 bridgehead atoms. The van der Waals surface area contributed by atoms with Gasteiger partial charge < -0.3 is 0 Å². The standard InChI is InChI=1S/C9H9BrOS/c1-6(2)5-7(11)8-3-4-9(10)12-8/h3-4H,1,5H2,2H3. The first-order chi connectivity index (χ1) is 5.59. The molecular formula is C9H9BrOS. The highest BCUT2D eigenvalue weighted by Crippen LogP contribution is 2.23. The van der Waals surface area contributed by atoms with Crippen LogP contribution in [-0.2, 0) is 0 Å². The van der Waals surface area contributed by atoms with Crippen LogP contribution in [0.5, 0.6) is 0 Å². The van der Waals surface area contributed by atoms with Gasteiger partial charge in [0.2, 0.25) is 0 Å². The molecule has 1 aromatic heterocycles. The summed E-state index contributed by atoms with van der Waals surface area (Å²) in [5.41, 5.74) is 0.907. The molecule has 0 radical (unpaired) electrons. The van der Waals surface area contributed by atoms with Crippen LogP contribution >= 0.6 is 27.3 Å². The van der Waals surface area contributed by atoms with Crippen LogP contribution in [0, 0.1) is 0 Å². The van der Waals surface area contributed by atoms with Gasteiger partial charge >= 0.3 is 0 Å². The van der Waals surface area contributed by atoms with Crippen molar-refractivity contribution in [1.29, 1.82) is 0 Å². The van der Waals surface area contributed by atoms with Gasteiger partial charge in [-0.3, -0.25) is 4.79 Å². The van der Waals surface area contributed by atoms with E-state index in [-0.39, 0.29) is 5.78 Å². The van der Waals surface area contributed by atoms with E-state index in [0.717, 1.165) is 14.2 Å². The van der Waals surface area contributed by atoms with E-state index < -0.39 is 0 Å². The number of carbonyl (C=O) groups excluding carboxylic acids is 1. The molecule has 0 fully saturated rings. The summed E-state index contributed by atoms with van der Waals surface area (Å²) in [6, 6.07) is 3.72. The summed E-state index contributed by atoms with van der Waals surface area (Å²) < 4.78 is 0.993. The Balaban J connectivity index is 2.72. The summed E-state index contributed by atoms with van der Waals surface area (Å²) in [4.78, 5) is 12.2. The number of halogens is 1. The number of ketones is 1. The van der Waals surface area contributed by atoms with Crippen molar-refractivity contribution in [3.63, 3.8) is 0 Å². The summed E-state index contributed by atoms with van der Waals surface area (Å²) >= 11 is 4.77. The predicted molar refractivity (Wildman–Crippen MR) is 55.8 cm³/mol. The summed E-state index contributed by atoms with van der Waals surface area (Å²) in [5.74, 6) is 0.151. The molecule has 64 valence electrons. The van der Waals surface area contributed by atoms with Crippen molar-refractivity contribution >= 4 is 33.0 Å². The lowest BCUT2D eigenvalue weighted by molar-refractivity contribution is 0.0997. The number of Topliss-reactive ketones (excluding diaryl/α,β-unsaturated/α-hetero) is 1. The normalized spacial score (nSPS) is 9.83. The molecule has 1 heterocycles. The maximum atomic E-state index is 11.4. The highest BCUT2D eigenvalue weighted by Gasteiger charge is 2.07. The summed E-state index contributed by atoms with van der Waals surface area (Å²) in [5, 5.41) is 0. The highest BCUT2D eigenvalue weighted by atomic mass is 79.9. The lowest BCUT2D eigenvalue weighted by Gasteiger charge is -1.94. The molecule has 1 nitrogen and oxygen atoms in total. The van der Waals surface area contributed by atoms with Gasteiger partial charge in [0, 0.05) is 6.42 Å². The summed E-state index contributed by atoms with van der Waals surface area (Å²) in [7, 11) is 0. The third kappa shape index (κ3) is 2.57. The van der Waals surface area contributed by atoms with E-state index in [0.29, 0.717) is 6.42 Å². The summed E-state index contributed by atoms with van der Waals surface area (Å²) in [6.45, 7) is 5.56. The van der Waals surface area contributed by atoms with Crippen LogP contribution in [-0.4, -0.2) is 5.78 Å². The fourth-order valence-corrected chi connectivity index (χ4v) is 2.15. The van der Waals surface area contributed by atoms with Gasteiger partial charge in [-0.1, -0.05) is 12.2 Å². The van der Waals surface area contributed by atoms with Crippen molar-refractivity contribution in [3.05, 3.63) is 32.9 Å². The van der Waals surface area contributed by atoms with Crippen molar-refractivity contribution in [2.75, 3.05) is 0 Å². The van der Waals surface area contributed by atoms with E-state index >= 15 is 0 Å². The first-order valence-corrected chi connectivity index (χ1v) is 5.13. The van der Waals surface area contributed by atoms with Crippen molar-refractivity contribution in [1.82, 2.24) is 0 Å². The number of hydrogen-bond donors (Lipinski definition) is 0. The quantitative estimate of drug-likeness (QED) is 0.586. The van der Waals surface area contributed by atoms with Crippen molar-refractivity contribution in [3.8, 4) is 0 Å². The molecule has 0 unspecified atom stereocenters. The number of carbonyl (C=O) groups is 1. The van der Waals surface area contributed by atoms with Crippen LogP contribution in [0.1, 0.15) is 23.0 Å². The van der Waals surface area contributed by atoms with Gasteiger partial charge in [-0.2, -0.15) is 0 Å². The zero-order valence-corrected chi connectivity index (χ0v) is 9.17. The third-order valence-corrected chi connectivity index (χ3v) is 2.98. The fourth-order valence-electron chi connectivity index (χ4n) is 0.825. The van der Waals surface area contributed by atoms with Crippen LogP contribution in [0.3, 0.4) is 0 Å². The molecule has 0 saturated carbocycles. The molecule has 0 aromatic carbocycles. The second kappa shape index (κ2) is 4.01. The average molecular weight is 245 g/mol. The lowest BCUT2D eigenvalue weighted by atomic mass is 10.1. The van der Waals surface area contributed by atoms with E-state index in [1.165, 1.54) is 11.3 Å². The van der Waals surface area contributed by atoms with Crippen LogP contribution in [0.25, 0.3) is 0 Å². The van der Waals surface area contributed by atoms with E-state index in [4.69, 9.17) is 0 Å². The van der Waals surface area contributed by atoms with Gasteiger partial charge in [-0.15, -0.1) is 11.3 Å². The maximum Gasteiger partial charge on any atom is 0.176 e. The molecule has 12 heavy (non-hydrogen) atoms. The Hall–Kier alpha value is -0.410. The molecule has 0 aliphatic heterocycles. The van der Waals surface area contributed by atoms with Crippen molar-refractivity contribution in [2.45, 2.75) is 13.3 Å². The van der Waals surface area contributed by atoms with Gasteiger partial charge in [0.25, 0.3) is 0 Å². The topological polar surface area (TPSA) is 17.1 Å². The highest BCUT2D eigenvalue weighted by molar-refractivity contribution is 9.11. The molecule has 1 rings (SSSR count). The lowest BCUT2D eigenvalue weighted by Crippen LogP contribution is -1.95. The fraction of sp³-hybridized carbons (Fsp3) is 0.222. The van der Waals surface area contributed by atoms with Crippen LogP contribution in [0.4, 0.5) is 0 Å². The van der Waals surface area contributed by atoms with Gasteiger partial charge in [0.05, 0.1) is 8.66 Å². The molecule has 0 aliphatic rings. The summed E-state index contributed by atoms with van der Waals surface area (Å²) in [6.07, 6.45) is 0.451. The molecule has 0 N–H and O–H groups in total. The Morgan fingerprint density at radius 2 is 2.33 bits per heavy atom. The Morgan fingerprint density at radius 3 is 2.75 bits per heavy atom. The third-order valence-electron chi connectivity index (χ3n) is 1.31. The number of rotatable bonds is 3. The van der Waals surface area contributed by atoms with Gasteiger partial charge in [0.1, 0.15) is 0 Å². The Morgan fingerprint density at radius 1 is 1.67 bits per heavy atom. The number of allylic oxidation sites excluding steroid dienone is 1. The van der Waals surface area contributed by atoms with Gasteiger partial charge in [-0.25, -0.2) is 0 Å². The SMILES string of the molecule is C=C(C)CC(=O)c1ccc(Br)s1. The van der Waals surface area contributed by atoms with E-state index in [1.54, 1.807) is 0 Å². The van der Waals surface area contributed by atoms with E-state index in [1.807, 2.05) is 19.1 Å². The van der Waals surface area contributed by atoms with Gasteiger partial charge in [0.15, 0.2) is 5.78 Å². The largest absolute Gasteiger partial charge is 0.293 e. The van der Waals surface area contributed by atoms with Crippen LogP contribution in [0.15, 0.2) is 28.1 Å². The van der Waals surface area contributed by atoms with E-state index in [9.17, 15) is 4.79 Å². The number of hydrogen-bond acceptors (Lipinski definition) is 2. The smallest absolute Gasteiger partial charge is 0.176 e. The maximum absolute atomic E-state index is 11.4. The van der Waals surface area contributed by atoms with Crippen molar-refractivity contribution < 1.29 is 4.79 Å². The molecule has 3 heteroatoms. The molecule has 0 atom stereocenters. The molecule has 1 aromatic rings. The Kier molecular flexibility index (Phi) is 3.23. The Bertz CT molecular complexity index is 314. The van der Waals surface area contributed by atoms with Crippen LogP contribution in [0.2, 0.25) is 0 Å². The zero-order chi connectivity index (χ0) is 9.14. The van der Waals surface area contributed by atoms with Crippen molar-refractivity contribution in [2.24, 2.45) is 0 Å². The molecule has 0 aliphatic carbocycles. The first-order valence-electron chi connectivity index (χ1n) is 3.52. The first kappa shape index (κ1) is 9.68. The van der Waals surface area contributed by atoms with E-state index in [2.05, 4.69) is 22.5 Å².